The van der Waals surface area contributed by atoms with E-state index in [1.54, 1.807) is 0 Å². The fraction of sp³-hybridized carbons (Fsp3) is 0.667. The number of nitrogens with zero attached hydrogens (tertiary/aromatic N) is 1. The van der Waals surface area contributed by atoms with Gasteiger partial charge < -0.3 is 10.3 Å². The number of rotatable bonds is 4. The van der Waals surface area contributed by atoms with Crippen molar-refractivity contribution in [3.8, 4) is 0 Å². The fourth-order valence-corrected chi connectivity index (χ4v) is 1.53. The number of nitrogens with one attached hydrogen (secondary N) is 2. The van der Waals surface area contributed by atoms with Gasteiger partial charge in [-0.3, -0.25) is 4.79 Å². The molecule has 0 bridgehead atoms. The molecule has 0 aromatic carbocycles. The zero-order valence-electron chi connectivity index (χ0n) is 10.1. The highest BCUT2D eigenvalue weighted by Gasteiger charge is 2.36. The molecule has 0 spiro atoms. The van der Waals surface area contributed by atoms with E-state index in [2.05, 4.69) is 22.2 Å². The van der Waals surface area contributed by atoms with Crippen molar-refractivity contribution in [2.45, 2.75) is 39.5 Å². The van der Waals surface area contributed by atoms with E-state index in [-0.39, 0.29) is 11.5 Å². The third-order valence-corrected chi connectivity index (χ3v) is 3.11. The van der Waals surface area contributed by atoms with Gasteiger partial charge >= 0.3 is 0 Å². The summed E-state index contributed by atoms with van der Waals surface area (Å²) in [7, 11) is 0. The highest BCUT2D eigenvalue weighted by atomic mass is 16.1. The summed E-state index contributed by atoms with van der Waals surface area (Å²) in [5.41, 5.74) is 0.338. The van der Waals surface area contributed by atoms with Gasteiger partial charge in [0.05, 0.1) is 0 Å². The van der Waals surface area contributed by atoms with Crippen LogP contribution in [0.3, 0.4) is 0 Å². The zero-order valence-corrected chi connectivity index (χ0v) is 10.1. The average molecular weight is 221 g/mol. The third kappa shape index (κ3) is 2.62. The molecule has 0 atom stereocenters. The molecular formula is C12H19N3O. The summed E-state index contributed by atoms with van der Waals surface area (Å²) in [4.78, 5) is 18.6. The normalized spacial score (nSPS) is 17.5. The molecule has 1 aromatic rings. The molecule has 1 aliphatic rings. The van der Waals surface area contributed by atoms with Crippen LogP contribution in [0.4, 0.5) is 5.82 Å². The zero-order chi connectivity index (χ0) is 11.8. The Kier molecular flexibility index (Phi) is 2.74. The summed E-state index contributed by atoms with van der Waals surface area (Å²) in [5, 5.41) is 3.25. The van der Waals surface area contributed by atoms with Gasteiger partial charge in [0.1, 0.15) is 11.6 Å². The second-order valence-corrected chi connectivity index (χ2v) is 5.33. The quantitative estimate of drug-likeness (QED) is 0.818. The van der Waals surface area contributed by atoms with E-state index in [4.69, 9.17) is 0 Å². The topological polar surface area (TPSA) is 57.8 Å². The molecule has 0 amide bonds. The molecule has 4 heteroatoms. The van der Waals surface area contributed by atoms with Crippen LogP contribution in [0.25, 0.3) is 0 Å². The monoisotopic (exact) mass is 221 g/mol. The van der Waals surface area contributed by atoms with Crippen molar-refractivity contribution in [2.24, 2.45) is 5.41 Å². The predicted molar refractivity (Wildman–Crippen MR) is 64.8 cm³/mol. The van der Waals surface area contributed by atoms with Gasteiger partial charge in [-0.2, -0.15) is 0 Å². The van der Waals surface area contributed by atoms with E-state index in [0.717, 1.165) is 12.4 Å². The smallest absolute Gasteiger partial charge is 0.252 e. The maximum Gasteiger partial charge on any atom is 0.252 e. The molecule has 2 rings (SSSR count). The first-order valence-corrected chi connectivity index (χ1v) is 5.84. The van der Waals surface area contributed by atoms with Crippen LogP contribution >= 0.6 is 0 Å². The maximum absolute atomic E-state index is 11.4. The molecule has 2 N–H and O–H groups in total. The second-order valence-electron chi connectivity index (χ2n) is 5.33. The van der Waals surface area contributed by atoms with Crippen molar-refractivity contribution >= 4 is 5.82 Å². The summed E-state index contributed by atoms with van der Waals surface area (Å²) >= 11 is 0. The first kappa shape index (κ1) is 11.2. The molecule has 0 aliphatic heterocycles. The largest absolute Gasteiger partial charge is 0.369 e. The van der Waals surface area contributed by atoms with E-state index in [1.807, 2.05) is 13.8 Å². The number of hydrogen-bond acceptors (Lipinski definition) is 3. The number of H-pyrrole nitrogens is 1. The van der Waals surface area contributed by atoms with Gasteiger partial charge in [-0.15, -0.1) is 0 Å². The highest BCUT2D eigenvalue weighted by molar-refractivity contribution is 5.34. The van der Waals surface area contributed by atoms with Gasteiger partial charge in [0, 0.05) is 18.5 Å². The van der Waals surface area contributed by atoms with Crippen LogP contribution in [0.2, 0.25) is 0 Å². The van der Waals surface area contributed by atoms with Crippen molar-refractivity contribution < 1.29 is 0 Å². The van der Waals surface area contributed by atoms with E-state index in [0.29, 0.717) is 11.2 Å². The number of aromatic nitrogens is 2. The molecule has 1 aromatic heterocycles. The van der Waals surface area contributed by atoms with Gasteiger partial charge in [0.15, 0.2) is 0 Å². The van der Waals surface area contributed by atoms with Gasteiger partial charge in [-0.25, -0.2) is 4.98 Å². The SMILES string of the molecule is CC(C)c1nc(NCC2(C)CC2)cc(=O)[nH]1. The van der Waals surface area contributed by atoms with Crippen LogP contribution in [0, 0.1) is 5.41 Å². The lowest BCUT2D eigenvalue weighted by atomic mass is 10.1. The Labute approximate surface area is 95.5 Å². The first-order valence-electron chi connectivity index (χ1n) is 5.84. The highest BCUT2D eigenvalue weighted by Crippen LogP contribution is 2.44. The Morgan fingerprint density at radius 2 is 2.25 bits per heavy atom. The minimum absolute atomic E-state index is 0.0813. The van der Waals surface area contributed by atoms with Crippen LogP contribution in [-0.2, 0) is 0 Å². The van der Waals surface area contributed by atoms with Gasteiger partial charge in [0.25, 0.3) is 5.56 Å². The predicted octanol–water partition coefficient (Wildman–Crippen LogP) is 2.11. The number of aromatic amines is 1. The second kappa shape index (κ2) is 3.92. The molecule has 0 radical (unpaired) electrons. The lowest BCUT2D eigenvalue weighted by Crippen LogP contribution is -2.18. The molecule has 4 nitrogen and oxygen atoms in total. The van der Waals surface area contributed by atoms with Crippen LogP contribution < -0.4 is 10.9 Å². The van der Waals surface area contributed by atoms with Crippen LogP contribution in [0.5, 0.6) is 0 Å². The number of anilines is 1. The standard InChI is InChI=1S/C12H19N3O/c1-8(2)11-14-9(6-10(16)15-11)13-7-12(3)4-5-12/h6,8H,4-5,7H2,1-3H3,(H2,13,14,15,16). The third-order valence-electron chi connectivity index (χ3n) is 3.11. The molecular weight excluding hydrogens is 202 g/mol. The lowest BCUT2D eigenvalue weighted by Gasteiger charge is -2.12. The summed E-state index contributed by atoms with van der Waals surface area (Å²) < 4.78 is 0. The average Bonchev–Trinajstić information content (AvgIpc) is 2.94. The van der Waals surface area contributed by atoms with E-state index < -0.39 is 0 Å². The van der Waals surface area contributed by atoms with Crippen LogP contribution in [0.15, 0.2) is 10.9 Å². The Balaban J connectivity index is 2.11. The number of hydrogen-bond donors (Lipinski definition) is 2. The maximum atomic E-state index is 11.4. The molecule has 1 aliphatic carbocycles. The summed E-state index contributed by atoms with van der Waals surface area (Å²) in [6.07, 6.45) is 2.53. The molecule has 0 unspecified atom stereocenters. The Bertz CT molecular complexity index is 432. The van der Waals surface area contributed by atoms with Gasteiger partial charge in [-0.1, -0.05) is 20.8 Å². The Morgan fingerprint density at radius 1 is 1.56 bits per heavy atom. The molecule has 88 valence electrons. The van der Waals surface area contributed by atoms with Crippen molar-refractivity contribution in [1.29, 1.82) is 0 Å². The van der Waals surface area contributed by atoms with Gasteiger partial charge in [-0.05, 0) is 18.3 Å². The Hall–Kier alpha value is -1.32. The summed E-state index contributed by atoms with van der Waals surface area (Å²) in [6.45, 7) is 7.19. The van der Waals surface area contributed by atoms with Crippen LogP contribution in [0.1, 0.15) is 45.4 Å². The van der Waals surface area contributed by atoms with E-state index in [1.165, 1.54) is 18.9 Å². The molecule has 1 fully saturated rings. The summed E-state index contributed by atoms with van der Waals surface area (Å²) in [6, 6.07) is 1.53. The van der Waals surface area contributed by atoms with E-state index >= 15 is 0 Å². The van der Waals surface area contributed by atoms with Crippen molar-refractivity contribution in [1.82, 2.24) is 9.97 Å². The molecule has 0 saturated heterocycles. The van der Waals surface area contributed by atoms with Crippen LogP contribution in [-0.4, -0.2) is 16.5 Å². The molecule has 1 saturated carbocycles. The minimum atomic E-state index is -0.0813. The lowest BCUT2D eigenvalue weighted by molar-refractivity contribution is 0.608. The van der Waals surface area contributed by atoms with Crippen molar-refractivity contribution in [3.05, 3.63) is 22.2 Å². The van der Waals surface area contributed by atoms with E-state index in [9.17, 15) is 4.79 Å². The van der Waals surface area contributed by atoms with Crippen molar-refractivity contribution in [3.63, 3.8) is 0 Å². The van der Waals surface area contributed by atoms with Gasteiger partial charge in [0.2, 0.25) is 0 Å². The molecule has 16 heavy (non-hydrogen) atoms. The molecule has 1 heterocycles. The minimum Gasteiger partial charge on any atom is -0.369 e. The Morgan fingerprint density at radius 3 is 2.81 bits per heavy atom. The van der Waals surface area contributed by atoms with Crippen molar-refractivity contribution in [2.75, 3.05) is 11.9 Å². The summed E-state index contributed by atoms with van der Waals surface area (Å²) in [5.74, 6) is 1.68. The fourth-order valence-electron chi connectivity index (χ4n) is 1.53. The first-order chi connectivity index (χ1) is 7.48.